The number of ether oxygens (including phenoxy) is 1. The first-order valence-electron chi connectivity index (χ1n) is 7.34. The van der Waals surface area contributed by atoms with Crippen LogP contribution in [-0.2, 0) is 4.74 Å². The second-order valence-electron chi connectivity index (χ2n) is 5.91. The quantitative estimate of drug-likeness (QED) is 0.573. The minimum absolute atomic E-state index is 0.240. The van der Waals surface area contributed by atoms with Crippen molar-refractivity contribution in [2.24, 2.45) is 17.7 Å². The van der Waals surface area contributed by atoms with E-state index in [1.807, 2.05) is 0 Å². The molecule has 0 aromatic heterocycles. The average molecular weight is 240 g/mol. The van der Waals surface area contributed by atoms with Crippen molar-refractivity contribution in [2.75, 3.05) is 6.61 Å². The molecule has 1 heterocycles. The predicted molar refractivity (Wildman–Crippen MR) is 70.4 cm³/mol. The minimum atomic E-state index is 0.240. The maximum absolute atomic E-state index is 6.00. The summed E-state index contributed by atoms with van der Waals surface area (Å²) in [4.78, 5) is 0. The summed E-state index contributed by atoms with van der Waals surface area (Å²) in [7, 11) is 0. The van der Waals surface area contributed by atoms with Gasteiger partial charge in [-0.2, -0.15) is 0 Å². The zero-order chi connectivity index (χ0) is 12.3. The summed E-state index contributed by atoms with van der Waals surface area (Å²) in [5.41, 5.74) is 3.34. The average Bonchev–Trinajstić information content (AvgIpc) is 2.34. The molecular formula is C14H28N2O. The fourth-order valence-electron chi connectivity index (χ4n) is 3.75. The Balaban J connectivity index is 1.98. The third-order valence-electron chi connectivity index (χ3n) is 5.05. The van der Waals surface area contributed by atoms with Crippen LogP contribution in [0.15, 0.2) is 0 Å². The summed E-state index contributed by atoms with van der Waals surface area (Å²) in [6, 6.07) is 0.478. The molecule has 2 aliphatic rings. The third kappa shape index (κ3) is 2.67. The molecule has 2 fully saturated rings. The van der Waals surface area contributed by atoms with Crippen LogP contribution in [0.1, 0.15) is 58.8 Å². The Kier molecular flexibility index (Phi) is 4.45. The lowest BCUT2D eigenvalue weighted by Crippen LogP contribution is -2.53. The molecule has 2 rings (SSSR count). The van der Waals surface area contributed by atoms with Gasteiger partial charge < -0.3 is 4.74 Å². The molecule has 1 spiro atoms. The molecule has 17 heavy (non-hydrogen) atoms. The van der Waals surface area contributed by atoms with Crippen LogP contribution >= 0.6 is 0 Å². The summed E-state index contributed by atoms with van der Waals surface area (Å²) in [6.45, 7) is 5.48. The van der Waals surface area contributed by atoms with Crippen molar-refractivity contribution < 1.29 is 4.74 Å². The Morgan fingerprint density at radius 3 is 2.53 bits per heavy atom. The number of rotatable bonds is 5. The largest absolute Gasteiger partial charge is 0.375 e. The van der Waals surface area contributed by atoms with Crippen LogP contribution in [0.25, 0.3) is 0 Å². The minimum Gasteiger partial charge on any atom is -0.375 e. The van der Waals surface area contributed by atoms with Crippen LogP contribution in [0.5, 0.6) is 0 Å². The van der Waals surface area contributed by atoms with Crippen LogP contribution in [0.2, 0.25) is 0 Å². The smallest absolute Gasteiger partial charge is 0.0685 e. The fourth-order valence-corrected chi connectivity index (χ4v) is 3.75. The van der Waals surface area contributed by atoms with Crippen molar-refractivity contribution in [3.8, 4) is 0 Å². The molecule has 3 N–H and O–H groups in total. The zero-order valence-corrected chi connectivity index (χ0v) is 11.4. The van der Waals surface area contributed by atoms with Gasteiger partial charge in [-0.25, -0.2) is 0 Å². The Hall–Kier alpha value is -0.120. The molecule has 1 saturated carbocycles. The highest BCUT2D eigenvalue weighted by Crippen LogP contribution is 2.45. The van der Waals surface area contributed by atoms with Gasteiger partial charge in [0.2, 0.25) is 0 Å². The van der Waals surface area contributed by atoms with Gasteiger partial charge in [0.15, 0.2) is 0 Å². The van der Waals surface area contributed by atoms with Crippen LogP contribution < -0.4 is 11.3 Å². The lowest BCUT2D eigenvalue weighted by atomic mass is 9.68. The Bertz CT molecular complexity index is 236. The second-order valence-corrected chi connectivity index (χ2v) is 5.91. The molecule has 0 aromatic carbocycles. The van der Waals surface area contributed by atoms with Gasteiger partial charge in [0, 0.05) is 12.6 Å². The van der Waals surface area contributed by atoms with Gasteiger partial charge in [0.25, 0.3) is 0 Å². The Morgan fingerprint density at radius 2 is 2.06 bits per heavy atom. The van der Waals surface area contributed by atoms with E-state index >= 15 is 0 Å². The molecule has 1 saturated heterocycles. The van der Waals surface area contributed by atoms with E-state index in [9.17, 15) is 0 Å². The van der Waals surface area contributed by atoms with Gasteiger partial charge >= 0.3 is 0 Å². The van der Waals surface area contributed by atoms with E-state index < -0.39 is 0 Å². The lowest BCUT2D eigenvalue weighted by Gasteiger charge is -2.49. The molecule has 3 nitrogen and oxygen atoms in total. The summed E-state index contributed by atoms with van der Waals surface area (Å²) < 4.78 is 6.00. The van der Waals surface area contributed by atoms with E-state index in [2.05, 4.69) is 19.3 Å². The van der Waals surface area contributed by atoms with Crippen molar-refractivity contribution >= 4 is 0 Å². The van der Waals surface area contributed by atoms with Gasteiger partial charge in [-0.3, -0.25) is 11.3 Å². The molecule has 100 valence electrons. The Morgan fingerprint density at radius 1 is 1.35 bits per heavy atom. The third-order valence-corrected chi connectivity index (χ3v) is 5.05. The van der Waals surface area contributed by atoms with Gasteiger partial charge in [-0.1, -0.05) is 26.7 Å². The number of hydrazine groups is 1. The zero-order valence-electron chi connectivity index (χ0n) is 11.4. The molecule has 2 atom stereocenters. The normalized spacial score (nSPS) is 29.3. The molecule has 1 aliphatic heterocycles. The topological polar surface area (TPSA) is 47.3 Å². The van der Waals surface area contributed by atoms with E-state index in [1.54, 1.807) is 0 Å². The maximum atomic E-state index is 6.00. The molecule has 2 unspecified atom stereocenters. The van der Waals surface area contributed by atoms with E-state index in [1.165, 1.54) is 44.9 Å². The number of nitrogens with one attached hydrogen (secondary N) is 1. The molecule has 0 bridgehead atoms. The van der Waals surface area contributed by atoms with Crippen molar-refractivity contribution in [2.45, 2.75) is 70.4 Å². The van der Waals surface area contributed by atoms with Gasteiger partial charge in [-0.05, 0) is 43.9 Å². The SMILES string of the molecule is CCC(CC)C(NN)C1CCOC2(CCC2)C1. The van der Waals surface area contributed by atoms with Crippen LogP contribution in [0.4, 0.5) is 0 Å². The van der Waals surface area contributed by atoms with E-state index in [0.717, 1.165) is 6.61 Å². The first-order chi connectivity index (χ1) is 8.24. The fraction of sp³-hybridized carbons (Fsp3) is 1.00. The van der Waals surface area contributed by atoms with Crippen molar-refractivity contribution in [3.05, 3.63) is 0 Å². The van der Waals surface area contributed by atoms with E-state index in [4.69, 9.17) is 10.6 Å². The highest BCUT2D eigenvalue weighted by molar-refractivity contribution is 4.97. The summed E-state index contributed by atoms with van der Waals surface area (Å²) >= 11 is 0. The Labute approximate surface area is 105 Å². The van der Waals surface area contributed by atoms with Crippen molar-refractivity contribution in [1.82, 2.24) is 5.43 Å². The molecule has 1 aliphatic carbocycles. The van der Waals surface area contributed by atoms with Crippen molar-refractivity contribution in [3.63, 3.8) is 0 Å². The molecule has 0 amide bonds. The van der Waals surface area contributed by atoms with Crippen LogP contribution in [-0.4, -0.2) is 18.2 Å². The van der Waals surface area contributed by atoms with Gasteiger partial charge in [-0.15, -0.1) is 0 Å². The highest BCUT2D eigenvalue weighted by Gasteiger charge is 2.44. The predicted octanol–water partition coefficient (Wildman–Crippen LogP) is 2.60. The van der Waals surface area contributed by atoms with Gasteiger partial charge in [0.05, 0.1) is 5.60 Å². The van der Waals surface area contributed by atoms with E-state index in [-0.39, 0.29) is 5.60 Å². The van der Waals surface area contributed by atoms with Gasteiger partial charge in [0.1, 0.15) is 0 Å². The monoisotopic (exact) mass is 240 g/mol. The van der Waals surface area contributed by atoms with Crippen molar-refractivity contribution in [1.29, 1.82) is 0 Å². The summed E-state index contributed by atoms with van der Waals surface area (Å²) in [5.74, 6) is 7.23. The summed E-state index contributed by atoms with van der Waals surface area (Å²) in [6.07, 6.45) is 8.71. The molecular weight excluding hydrogens is 212 g/mol. The number of hydrogen-bond donors (Lipinski definition) is 2. The standard InChI is InChI=1S/C14H28N2O/c1-3-11(4-2)13(16-15)12-6-9-17-14(10-12)7-5-8-14/h11-13,16H,3-10,15H2,1-2H3. The molecule has 3 heteroatoms. The molecule has 0 radical (unpaired) electrons. The van der Waals surface area contributed by atoms with Crippen LogP contribution in [0.3, 0.4) is 0 Å². The number of hydrogen-bond acceptors (Lipinski definition) is 3. The molecule has 0 aromatic rings. The number of nitrogens with two attached hydrogens (primary N) is 1. The highest BCUT2D eigenvalue weighted by atomic mass is 16.5. The van der Waals surface area contributed by atoms with E-state index in [0.29, 0.717) is 17.9 Å². The second kappa shape index (κ2) is 5.68. The summed E-state index contributed by atoms with van der Waals surface area (Å²) in [5, 5.41) is 0. The first-order valence-corrected chi connectivity index (χ1v) is 7.34. The lowest BCUT2D eigenvalue weighted by molar-refractivity contribution is -0.149. The van der Waals surface area contributed by atoms with Crippen LogP contribution in [0, 0.1) is 11.8 Å². The maximum Gasteiger partial charge on any atom is 0.0685 e. The first kappa shape index (κ1) is 13.3.